The molecule has 0 bridgehead atoms. The zero-order valence-corrected chi connectivity index (χ0v) is 7.93. The summed E-state index contributed by atoms with van der Waals surface area (Å²) in [4.78, 5) is 15.6. The van der Waals surface area contributed by atoms with Gasteiger partial charge < -0.3 is 5.32 Å². The van der Waals surface area contributed by atoms with E-state index in [4.69, 9.17) is 0 Å². The van der Waals surface area contributed by atoms with Gasteiger partial charge in [0.25, 0.3) is 0 Å². The van der Waals surface area contributed by atoms with E-state index in [0.29, 0.717) is 12.2 Å². The second-order valence-electron chi connectivity index (χ2n) is 2.91. The molecule has 0 fully saturated rings. The number of aryl methyl sites for hydroxylation is 1. The van der Waals surface area contributed by atoms with Crippen molar-refractivity contribution in [1.82, 2.24) is 29.7 Å². The van der Waals surface area contributed by atoms with Crippen LogP contribution in [-0.4, -0.2) is 31.4 Å². The van der Waals surface area contributed by atoms with Crippen molar-refractivity contribution in [2.45, 2.75) is 6.54 Å². The molecule has 0 atom stereocenters. The van der Waals surface area contributed by atoms with Crippen molar-refractivity contribution >= 4 is 5.65 Å². The minimum Gasteiger partial charge on any atom is -0.314 e. The molecule has 0 spiro atoms. The van der Waals surface area contributed by atoms with Gasteiger partial charge in [-0.05, 0) is 7.05 Å². The molecule has 0 aliphatic carbocycles. The van der Waals surface area contributed by atoms with Crippen LogP contribution < -0.4 is 11.0 Å². The molecule has 0 amide bonds. The maximum atomic E-state index is 11.5. The summed E-state index contributed by atoms with van der Waals surface area (Å²) in [5, 5.41) is 10.5. The highest BCUT2D eigenvalue weighted by molar-refractivity contribution is 5.41. The Morgan fingerprint density at radius 1 is 1.57 bits per heavy atom. The molecule has 0 unspecified atom stereocenters. The molecule has 0 aliphatic rings. The van der Waals surface area contributed by atoms with Crippen molar-refractivity contribution in [3.05, 3.63) is 22.5 Å². The molecule has 7 heteroatoms. The molecule has 2 aromatic rings. The highest BCUT2D eigenvalue weighted by Gasteiger charge is 2.08. The lowest BCUT2D eigenvalue weighted by atomic mass is 10.4. The monoisotopic (exact) mass is 194 g/mol. The topological polar surface area (TPSA) is 77.1 Å². The highest BCUT2D eigenvalue weighted by Crippen LogP contribution is 2.00. The number of fused-ring (bicyclic) bond motifs is 1. The largest absolute Gasteiger partial charge is 0.352 e. The van der Waals surface area contributed by atoms with E-state index in [9.17, 15) is 4.79 Å². The van der Waals surface area contributed by atoms with Crippen molar-refractivity contribution in [2.24, 2.45) is 7.05 Å². The summed E-state index contributed by atoms with van der Waals surface area (Å²) < 4.78 is 2.54. The van der Waals surface area contributed by atoms with E-state index in [1.165, 1.54) is 10.7 Å². The predicted octanol–water partition coefficient (Wildman–Crippen LogP) is -1.46. The third-order valence-corrected chi connectivity index (χ3v) is 1.92. The van der Waals surface area contributed by atoms with Crippen LogP contribution in [0.1, 0.15) is 5.69 Å². The summed E-state index contributed by atoms with van der Waals surface area (Å²) in [6.07, 6.45) is 1.46. The molecule has 74 valence electrons. The lowest BCUT2D eigenvalue weighted by Crippen LogP contribution is -2.27. The lowest BCUT2D eigenvalue weighted by molar-refractivity contribution is 0.605. The summed E-state index contributed by atoms with van der Waals surface area (Å²) in [5.41, 5.74) is 0.977. The summed E-state index contributed by atoms with van der Waals surface area (Å²) in [6.45, 7) is 0.568. The number of nitrogens with one attached hydrogen (secondary N) is 1. The van der Waals surface area contributed by atoms with Crippen LogP contribution >= 0.6 is 0 Å². The fourth-order valence-corrected chi connectivity index (χ4v) is 1.22. The Hall–Kier alpha value is -1.76. The van der Waals surface area contributed by atoms with Crippen LogP contribution in [0.25, 0.3) is 5.65 Å². The molecule has 0 aromatic carbocycles. The van der Waals surface area contributed by atoms with Gasteiger partial charge in [0.1, 0.15) is 12.0 Å². The van der Waals surface area contributed by atoms with Crippen molar-refractivity contribution in [3.8, 4) is 0 Å². The molecule has 0 saturated heterocycles. The number of nitrogens with zero attached hydrogens (tertiary/aromatic N) is 5. The van der Waals surface area contributed by atoms with Crippen molar-refractivity contribution < 1.29 is 0 Å². The Labute approximate surface area is 79.4 Å². The van der Waals surface area contributed by atoms with E-state index in [1.54, 1.807) is 14.1 Å². The molecule has 7 nitrogen and oxygen atoms in total. The van der Waals surface area contributed by atoms with E-state index in [1.807, 2.05) is 0 Å². The third-order valence-electron chi connectivity index (χ3n) is 1.92. The van der Waals surface area contributed by atoms with Gasteiger partial charge in [0, 0.05) is 13.6 Å². The maximum Gasteiger partial charge on any atom is 0.352 e. The molecular formula is C7H10N6O. The number of aromatic nitrogens is 5. The fraction of sp³-hybridized carbons (Fsp3) is 0.429. The third kappa shape index (κ3) is 1.18. The van der Waals surface area contributed by atoms with Gasteiger partial charge in [-0.15, -0.1) is 5.10 Å². The first-order chi connectivity index (χ1) is 6.74. The van der Waals surface area contributed by atoms with Crippen LogP contribution in [0.4, 0.5) is 0 Å². The van der Waals surface area contributed by atoms with Gasteiger partial charge in [0.15, 0.2) is 5.65 Å². The first-order valence-corrected chi connectivity index (χ1v) is 4.14. The van der Waals surface area contributed by atoms with Gasteiger partial charge in [0.2, 0.25) is 0 Å². The van der Waals surface area contributed by atoms with Gasteiger partial charge in [-0.2, -0.15) is 4.68 Å². The van der Waals surface area contributed by atoms with Gasteiger partial charge >= 0.3 is 5.69 Å². The molecule has 0 saturated carbocycles. The molecule has 2 aromatic heterocycles. The minimum absolute atomic E-state index is 0.246. The molecule has 1 N–H and O–H groups in total. The summed E-state index contributed by atoms with van der Waals surface area (Å²) in [5.74, 6) is 0. The van der Waals surface area contributed by atoms with Crippen LogP contribution in [0.15, 0.2) is 11.1 Å². The Morgan fingerprint density at radius 3 is 3.07 bits per heavy atom. The van der Waals surface area contributed by atoms with Crippen molar-refractivity contribution in [2.75, 3.05) is 7.05 Å². The molecule has 2 rings (SSSR count). The zero-order chi connectivity index (χ0) is 10.1. The van der Waals surface area contributed by atoms with Gasteiger partial charge in [0.05, 0.1) is 0 Å². The van der Waals surface area contributed by atoms with Gasteiger partial charge in [-0.1, -0.05) is 5.21 Å². The van der Waals surface area contributed by atoms with E-state index in [2.05, 4.69) is 20.6 Å². The van der Waals surface area contributed by atoms with E-state index < -0.39 is 0 Å². The van der Waals surface area contributed by atoms with Crippen LogP contribution in [-0.2, 0) is 13.6 Å². The molecule has 14 heavy (non-hydrogen) atoms. The quantitative estimate of drug-likeness (QED) is 0.632. The Balaban J connectivity index is 2.71. The van der Waals surface area contributed by atoms with Crippen LogP contribution in [0.2, 0.25) is 0 Å². The summed E-state index contributed by atoms with van der Waals surface area (Å²) in [7, 11) is 3.35. The lowest BCUT2D eigenvalue weighted by Gasteiger charge is -1.96. The molecule has 0 radical (unpaired) electrons. The van der Waals surface area contributed by atoms with Crippen molar-refractivity contribution in [1.29, 1.82) is 0 Å². The SMILES string of the molecule is CNCc1ncn2c(=O)n(C)nnc12. The standard InChI is InChI=1S/C7H10N6O/c1-8-3-5-6-10-11-12(2)7(14)13(6)4-9-5/h4,8H,3H2,1-2H3. The van der Waals surface area contributed by atoms with E-state index in [0.717, 1.165) is 10.4 Å². The number of hydrogen-bond acceptors (Lipinski definition) is 5. The Bertz CT molecular complexity index is 512. The molecular weight excluding hydrogens is 184 g/mol. The maximum absolute atomic E-state index is 11.5. The minimum atomic E-state index is -0.246. The number of hydrogen-bond donors (Lipinski definition) is 1. The van der Waals surface area contributed by atoms with Crippen LogP contribution in [0.5, 0.6) is 0 Å². The average molecular weight is 194 g/mol. The van der Waals surface area contributed by atoms with E-state index in [-0.39, 0.29) is 5.69 Å². The second kappa shape index (κ2) is 3.18. The van der Waals surface area contributed by atoms with Gasteiger partial charge in [-0.25, -0.2) is 14.2 Å². The first kappa shape index (κ1) is 8.82. The second-order valence-corrected chi connectivity index (χ2v) is 2.91. The van der Waals surface area contributed by atoms with Crippen molar-refractivity contribution in [3.63, 3.8) is 0 Å². The average Bonchev–Trinajstić information content (AvgIpc) is 2.57. The number of rotatable bonds is 2. The first-order valence-electron chi connectivity index (χ1n) is 4.14. The highest BCUT2D eigenvalue weighted by atomic mass is 16.2. The molecule has 2 heterocycles. The summed E-state index contributed by atoms with van der Waals surface area (Å²) >= 11 is 0. The fourth-order valence-electron chi connectivity index (χ4n) is 1.22. The normalized spacial score (nSPS) is 11.0. The van der Waals surface area contributed by atoms with Crippen LogP contribution in [0, 0.1) is 0 Å². The van der Waals surface area contributed by atoms with Crippen LogP contribution in [0.3, 0.4) is 0 Å². The molecule has 0 aliphatic heterocycles. The van der Waals surface area contributed by atoms with Gasteiger partial charge in [-0.3, -0.25) is 0 Å². The van der Waals surface area contributed by atoms with E-state index >= 15 is 0 Å². The summed E-state index contributed by atoms with van der Waals surface area (Å²) in [6, 6.07) is 0. The Kier molecular flexibility index (Phi) is 2.01. The number of imidazole rings is 1. The predicted molar refractivity (Wildman–Crippen MR) is 48.8 cm³/mol. The Morgan fingerprint density at radius 2 is 2.36 bits per heavy atom. The smallest absolute Gasteiger partial charge is 0.314 e. The zero-order valence-electron chi connectivity index (χ0n) is 7.93.